The summed E-state index contributed by atoms with van der Waals surface area (Å²) in [6.07, 6.45) is -0.725. The van der Waals surface area contributed by atoms with Crippen LogP contribution < -0.4 is 10.6 Å². The molecule has 3 atom stereocenters. The Kier molecular flexibility index (Phi) is 9.77. The van der Waals surface area contributed by atoms with E-state index in [0.29, 0.717) is 0 Å². The quantitative estimate of drug-likeness (QED) is 0.337. The van der Waals surface area contributed by atoms with Crippen LogP contribution in [0.5, 0.6) is 0 Å². The largest absolute Gasteiger partial charge is 0.394 e. The molecule has 1 aromatic carbocycles. The highest BCUT2D eigenvalue weighted by molar-refractivity contribution is 7.13. The van der Waals surface area contributed by atoms with Crippen LogP contribution in [0, 0.1) is 12.3 Å². The van der Waals surface area contributed by atoms with Crippen LogP contribution in [0.3, 0.4) is 0 Å². The number of nitrogens with zero attached hydrogens (tertiary/aromatic N) is 2. The van der Waals surface area contributed by atoms with Gasteiger partial charge in [0.25, 0.3) is 0 Å². The Morgan fingerprint density at radius 2 is 1.95 bits per heavy atom. The Morgan fingerprint density at radius 3 is 2.54 bits per heavy atom. The molecule has 0 aliphatic carbocycles. The number of hydrogen-bond donors (Lipinski definition) is 4. The number of carbonyl (C=O) groups excluding carboxylic acids is 3. The van der Waals surface area contributed by atoms with Crippen molar-refractivity contribution in [2.75, 3.05) is 26.4 Å². The van der Waals surface area contributed by atoms with E-state index in [4.69, 9.17) is 9.84 Å². The van der Waals surface area contributed by atoms with Gasteiger partial charge in [0.2, 0.25) is 17.7 Å². The number of ether oxygens (including phenoxy) is 1. The highest BCUT2D eigenvalue weighted by Crippen LogP contribution is 2.28. The summed E-state index contributed by atoms with van der Waals surface area (Å²) in [7, 11) is 0. The fourth-order valence-corrected chi connectivity index (χ4v) is 5.02. The summed E-state index contributed by atoms with van der Waals surface area (Å²) in [4.78, 5) is 45.7. The first kappa shape index (κ1) is 28.7. The van der Waals surface area contributed by atoms with Crippen LogP contribution in [0.1, 0.15) is 38.4 Å². The lowest BCUT2D eigenvalue weighted by Gasteiger charge is -2.35. The molecule has 10 nitrogen and oxygen atoms in total. The molecule has 2 heterocycles. The fraction of sp³-hybridized carbons (Fsp3) is 0.538. The molecular weight excluding hydrogens is 496 g/mol. The van der Waals surface area contributed by atoms with Gasteiger partial charge >= 0.3 is 0 Å². The van der Waals surface area contributed by atoms with Crippen molar-refractivity contribution in [3.8, 4) is 10.4 Å². The monoisotopic (exact) mass is 532 g/mol. The molecule has 1 aromatic heterocycles. The third-order valence-electron chi connectivity index (χ3n) is 6.18. The lowest BCUT2D eigenvalue weighted by atomic mass is 9.85. The highest BCUT2D eigenvalue weighted by atomic mass is 32.1. The van der Waals surface area contributed by atoms with Gasteiger partial charge < -0.3 is 30.5 Å². The molecule has 1 fully saturated rings. The van der Waals surface area contributed by atoms with Crippen LogP contribution in [0.2, 0.25) is 0 Å². The van der Waals surface area contributed by atoms with Crippen molar-refractivity contribution in [2.45, 2.75) is 58.8 Å². The predicted molar refractivity (Wildman–Crippen MR) is 140 cm³/mol. The third-order valence-corrected chi connectivity index (χ3v) is 7.16. The Labute approximate surface area is 221 Å². The van der Waals surface area contributed by atoms with Gasteiger partial charge in [-0.05, 0) is 23.5 Å². The zero-order chi connectivity index (χ0) is 27.2. The van der Waals surface area contributed by atoms with Gasteiger partial charge in [-0.15, -0.1) is 11.3 Å². The van der Waals surface area contributed by atoms with Crippen molar-refractivity contribution in [3.05, 3.63) is 41.0 Å². The fourth-order valence-electron chi connectivity index (χ4n) is 4.21. The molecule has 3 amide bonds. The van der Waals surface area contributed by atoms with Gasteiger partial charge in [-0.25, -0.2) is 4.98 Å². The highest BCUT2D eigenvalue weighted by Gasteiger charge is 2.44. The van der Waals surface area contributed by atoms with Crippen molar-refractivity contribution in [1.29, 1.82) is 0 Å². The first-order chi connectivity index (χ1) is 17.5. The summed E-state index contributed by atoms with van der Waals surface area (Å²) in [5, 5.41) is 24.7. The number of benzene rings is 1. The van der Waals surface area contributed by atoms with Crippen LogP contribution in [0.25, 0.3) is 10.4 Å². The number of nitrogens with one attached hydrogen (secondary N) is 2. The van der Waals surface area contributed by atoms with E-state index in [9.17, 15) is 19.5 Å². The Bertz CT molecular complexity index is 1080. The van der Waals surface area contributed by atoms with Gasteiger partial charge in [-0.3, -0.25) is 14.4 Å². The van der Waals surface area contributed by atoms with Crippen molar-refractivity contribution >= 4 is 29.1 Å². The first-order valence-corrected chi connectivity index (χ1v) is 13.1. The van der Waals surface area contributed by atoms with Crippen molar-refractivity contribution < 1.29 is 29.3 Å². The van der Waals surface area contributed by atoms with Gasteiger partial charge in [-0.1, -0.05) is 45.0 Å². The maximum atomic E-state index is 13.5. The SMILES string of the molecule is Cc1ncsc1-c1ccc(CNC(=O)C2CC(O)CN2C(=O)C(NC(=O)COCCO)C(C)(C)C)cc1. The average molecular weight is 533 g/mol. The van der Waals surface area contributed by atoms with Crippen molar-refractivity contribution in [2.24, 2.45) is 5.41 Å². The van der Waals surface area contributed by atoms with E-state index in [-0.39, 0.29) is 45.2 Å². The molecule has 3 rings (SSSR count). The van der Waals surface area contributed by atoms with Crippen LogP contribution in [0.4, 0.5) is 0 Å². The number of thiazole rings is 1. The zero-order valence-corrected chi connectivity index (χ0v) is 22.5. The van der Waals surface area contributed by atoms with Gasteiger partial charge in [0, 0.05) is 19.5 Å². The minimum Gasteiger partial charge on any atom is -0.394 e. The van der Waals surface area contributed by atoms with Crippen LogP contribution in [-0.4, -0.2) is 82.4 Å². The average Bonchev–Trinajstić information content (AvgIpc) is 3.46. The third kappa shape index (κ3) is 7.57. The Hall–Kier alpha value is -2.86. The van der Waals surface area contributed by atoms with E-state index >= 15 is 0 Å². The molecule has 202 valence electrons. The lowest BCUT2D eigenvalue weighted by Crippen LogP contribution is -2.58. The van der Waals surface area contributed by atoms with Crippen molar-refractivity contribution in [3.63, 3.8) is 0 Å². The topological polar surface area (TPSA) is 141 Å². The van der Waals surface area contributed by atoms with Gasteiger partial charge in [0.05, 0.1) is 35.4 Å². The number of likely N-dealkylation sites (tertiary alicyclic amines) is 1. The number of hydrogen-bond acceptors (Lipinski definition) is 8. The maximum absolute atomic E-state index is 13.5. The number of rotatable bonds is 10. The maximum Gasteiger partial charge on any atom is 0.246 e. The van der Waals surface area contributed by atoms with E-state index in [1.54, 1.807) is 11.3 Å². The van der Waals surface area contributed by atoms with Crippen LogP contribution in [-0.2, 0) is 25.7 Å². The molecule has 1 aliphatic heterocycles. The molecule has 0 bridgehead atoms. The molecule has 2 aromatic rings. The molecule has 4 N–H and O–H groups in total. The molecule has 11 heteroatoms. The van der Waals surface area contributed by atoms with Gasteiger partial charge in [0.15, 0.2) is 0 Å². The molecule has 0 saturated carbocycles. The number of β-amino-alcohol motifs (C(OH)–C–C–N with tert-alkyl or cyclic N) is 1. The number of aliphatic hydroxyl groups excluding tert-OH is 2. The zero-order valence-electron chi connectivity index (χ0n) is 21.7. The number of amides is 3. The molecule has 3 unspecified atom stereocenters. The molecule has 0 spiro atoms. The lowest BCUT2D eigenvalue weighted by molar-refractivity contribution is -0.144. The normalized spacial score (nSPS) is 18.5. The smallest absolute Gasteiger partial charge is 0.246 e. The second-order valence-corrected chi connectivity index (χ2v) is 11.1. The van der Waals surface area contributed by atoms with E-state index in [0.717, 1.165) is 21.7 Å². The summed E-state index contributed by atoms with van der Waals surface area (Å²) in [6.45, 7) is 7.16. The van der Waals surface area contributed by atoms with Crippen molar-refractivity contribution in [1.82, 2.24) is 20.5 Å². The summed E-state index contributed by atoms with van der Waals surface area (Å²) in [6, 6.07) is 6.06. The molecule has 1 saturated heterocycles. The van der Waals surface area contributed by atoms with E-state index in [1.165, 1.54) is 4.90 Å². The summed E-state index contributed by atoms with van der Waals surface area (Å²) in [5.74, 6) is -1.30. The minimum absolute atomic E-state index is 0.00325. The number of carbonyl (C=O) groups is 3. The second kappa shape index (κ2) is 12.6. The Balaban J connectivity index is 1.65. The van der Waals surface area contributed by atoms with Gasteiger partial charge in [0.1, 0.15) is 18.7 Å². The van der Waals surface area contributed by atoms with E-state index in [1.807, 2.05) is 57.5 Å². The number of aryl methyl sites for hydroxylation is 1. The van der Waals surface area contributed by atoms with Crippen LogP contribution in [0.15, 0.2) is 29.8 Å². The van der Waals surface area contributed by atoms with E-state index in [2.05, 4.69) is 15.6 Å². The molecule has 0 radical (unpaired) electrons. The van der Waals surface area contributed by atoms with E-state index < -0.39 is 35.4 Å². The minimum atomic E-state index is -0.930. The Morgan fingerprint density at radius 1 is 1.24 bits per heavy atom. The second-order valence-electron chi connectivity index (χ2n) is 10.2. The summed E-state index contributed by atoms with van der Waals surface area (Å²) < 4.78 is 5.05. The molecule has 1 aliphatic rings. The summed E-state index contributed by atoms with van der Waals surface area (Å²) >= 11 is 1.57. The number of aliphatic hydroxyl groups is 2. The van der Waals surface area contributed by atoms with Crippen LogP contribution >= 0.6 is 11.3 Å². The van der Waals surface area contributed by atoms with Gasteiger partial charge in [-0.2, -0.15) is 0 Å². The standard InChI is InChI=1S/C26H36N4O6S/c1-16-22(37-15-28-16)18-7-5-17(6-8-18)12-27-24(34)20-11-19(32)13-30(20)25(35)23(26(2,3)4)29-21(33)14-36-10-9-31/h5-8,15,19-20,23,31-32H,9-14H2,1-4H3,(H,27,34)(H,29,33). The summed E-state index contributed by atoms with van der Waals surface area (Å²) in [5.41, 5.74) is 4.08. The first-order valence-electron chi connectivity index (χ1n) is 12.2. The predicted octanol–water partition coefficient (Wildman–Crippen LogP) is 1.24. The molecule has 37 heavy (non-hydrogen) atoms. The molecular formula is C26H36N4O6S. The number of aromatic nitrogens is 1.